The first-order chi connectivity index (χ1) is 18.5. The number of methoxy groups -OCH3 is 1. The molecule has 1 aromatic carbocycles. The first kappa shape index (κ1) is 25.4. The summed E-state index contributed by atoms with van der Waals surface area (Å²) in [5.74, 6) is -1.27. The zero-order valence-electron chi connectivity index (χ0n) is 22.2. The SMILES string of the molecule is COc1cccc(NC(=O)[C@H]2[C@@H]3C=C[C@]4(O3)[C@@H]2C(=O)N(C2CCCCCC2)[C@H]4C(=O)NC2CCCCC2)c1. The molecule has 5 aliphatic rings. The Balaban J connectivity index is 1.31. The highest BCUT2D eigenvalue weighted by Gasteiger charge is 2.73. The number of anilines is 1. The van der Waals surface area contributed by atoms with Crippen molar-refractivity contribution in [3.8, 4) is 5.75 Å². The van der Waals surface area contributed by atoms with Crippen LogP contribution in [0, 0.1) is 11.8 Å². The molecule has 5 atom stereocenters. The minimum atomic E-state index is -1.11. The molecule has 3 aliphatic heterocycles. The Hall–Kier alpha value is -2.87. The normalized spacial score (nSPS) is 33.2. The second kappa shape index (κ2) is 10.4. The third-order valence-corrected chi connectivity index (χ3v) is 9.37. The molecule has 1 spiro atoms. The van der Waals surface area contributed by atoms with Crippen LogP contribution in [0.5, 0.6) is 5.75 Å². The molecule has 2 N–H and O–H groups in total. The maximum Gasteiger partial charge on any atom is 0.246 e. The third kappa shape index (κ3) is 4.31. The van der Waals surface area contributed by atoms with E-state index in [-0.39, 0.29) is 29.8 Å². The van der Waals surface area contributed by atoms with Gasteiger partial charge in [0.15, 0.2) is 0 Å². The fourth-order valence-electron chi connectivity index (χ4n) is 7.59. The number of carbonyl (C=O) groups excluding carboxylic acids is 3. The van der Waals surface area contributed by atoms with Crippen LogP contribution in [0.15, 0.2) is 36.4 Å². The van der Waals surface area contributed by atoms with Gasteiger partial charge in [0, 0.05) is 23.8 Å². The van der Waals surface area contributed by atoms with E-state index in [1.165, 1.54) is 6.42 Å². The lowest BCUT2D eigenvalue weighted by molar-refractivity contribution is -0.144. The first-order valence-corrected chi connectivity index (χ1v) is 14.5. The number of rotatable bonds is 6. The molecule has 2 aliphatic carbocycles. The van der Waals surface area contributed by atoms with Crippen molar-refractivity contribution in [3.63, 3.8) is 0 Å². The standard InChI is InChI=1S/C30H39N3O5/c1-37-22-15-9-12-20(18-22)32-27(34)24-23-16-17-30(38-23)25(24)29(36)33(21-13-7-2-3-8-14-21)26(30)28(35)31-19-10-5-4-6-11-19/h9,12,15-19,21,23-26H,2-8,10-11,13-14H2,1H3,(H,31,35)(H,32,34)/t23-,24-,25-,26-,30-/m0/s1. The van der Waals surface area contributed by atoms with Crippen LogP contribution >= 0.6 is 0 Å². The third-order valence-electron chi connectivity index (χ3n) is 9.37. The summed E-state index contributed by atoms with van der Waals surface area (Å²) in [5, 5.41) is 6.28. The van der Waals surface area contributed by atoms with Gasteiger partial charge in [-0.25, -0.2) is 0 Å². The highest BCUT2D eigenvalue weighted by molar-refractivity contribution is 6.03. The van der Waals surface area contributed by atoms with E-state index < -0.39 is 29.6 Å². The van der Waals surface area contributed by atoms with Crippen molar-refractivity contribution in [1.29, 1.82) is 0 Å². The molecule has 2 bridgehead atoms. The summed E-state index contributed by atoms with van der Waals surface area (Å²) < 4.78 is 11.8. The number of likely N-dealkylation sites (tertiary alicyclic amines) is 1. The molecule has 4 fully saturated rings. The average molecular weight is 522 g/mol. The molecule has 0 aromatic heterocycles. The van der Waals surface area contributed by atoms with Crippen molar-refractivity contribution < 1.29 is 23.9 Å². The molecule has 6 rings (SSSR count). The van der Waals surface area contributed by atoms with Gasteiger partial charge >= 0.3 is 0 Å². The Labute approximate surface area is 224 Å². The van der Waals surface area contributed by atoms with Crippen molar-refractivity contribution in [1.82, 2.24) is 10.2 Å². The van der Waals surface area contributed by atoms with Crippen LogP contribution in [0.1, 0.15) is 70.6 Å². The summed E-state index contributed by atoms with van der Waals surface area (Å²) in [6, 6.07) is 6.56. The number of hydrogen-bond donors (Lipinski definition) is 2. The lowest BCUT2D eigenvalue weighted by Crippen LogP contribution is -2.58. The largest absolute Gasteiger partial charge is 0.497 e. The molecule has 8 heteroatoms. The Morgan fingerprint density at radius 1 is 1.00 bits per heavy atom. The Morgan fingerprint density at radius 3 is 2.45 bits per heavy atom. The van der Waals surface area contributed by atoms with Crippen LogP contribution in [-0.4, -0.2) is 59.6 Å². The highest BCUT2D eigenvalue weighted by Crippen LogP contribution is 2.56. The summed E-state index contributed by atoms with van der Waals surface area (Å²) >= 11 is 0. The van der Waals surface area contributed by atoms with E-state index >= 15 is 0 Å². The quantitative estimate of drug-likeness (QED) is 0.436. The van der Waals surface area contributed by atoms with Crippen molar-refractivity contribution >= 4 is 23.4 Å². The van der Waals surface area contributed by atoms with Gasteiger partial charge in [-0.2, -0.15) is 0 Å². The van der Waals surface area contributed by atoms with Crippen LogP contribution < -0.4 is 15.4 Å². The minimum absolute atomic E-state index is 0.00905. The highest BCUT2D eigenvalue weighted by atomic mass is 16.5. The predicted octanol–water partition coefficient (Wildman–Crippen LogP) is 3.96. The average Bonchev–Trinajstić information content (AvgIpc) is 3.48. The van der Waals surface area contributed by atoms with Crippen molar-refractivity contribution in [2.45, 2.75) is 100 Å². The van der Waals surface area contributed by atoms with Gasteiger partial charge in [0.1, 0.15) is 17.4 Å². The van der Waals surface area contributed by atoms with Crippen LogP contribution in [0.25, 0.3) is 0 Å². The number of nitrogens with zero attached hydrogens (tertiary/aromatic N) is 1. The molecule has 3 heterocycles. The van der Waals surface area contributed by atoms with Crippen LogP contribution in [-0.2, 0) is 19.1 Å². The van der Waals surface area contributed by atoms with Gasteiger partial charge < -0.3 is 25.0 Å². The number of hydrogen-bond acceptors (Lipinski definition) is 5. The second-order valence-corrected chi connectivity index (χ2v) is 11.7. The number of amides is 3. The predicted molar refractivity (Wildman–Crippen MR) is 142 cm³/mol. The van der Waals surface area contributed by atoms with Crippen molar-refractivity contribution in [3.05, 3.63) is 36.4 Å². The number of benzene rings is 1. The molecular formula is C30H39N3O5. The number of carbonyl (C=O) groups is 3. The Kier molecular flexibility index (Phi) is 6.93. The van der Waals surface area contributed by atoms with Gasteiger partial charge in [0.05, 0.1) is 25.0 Å². The molecule has 2 saturated carbocycles. The molecule has 0 unspecified atom stereocenters. The summed E-state index contributed by atoms with van der Waals surface area (Å²) in [7, 11) is 1.58. The van der Waals surface area contributed by atoms with Gasteiger partial charge in [0.2, 0.25) is 17.7 Å². The fraction of sp³-hybridized carbons (Fsp3) is 0.633. The zero-order chi connectivity index (χ0) is 26.3. The lowest BCUT2D eigenvalue weighted by atomic mass is 9.74. The van der Waals surface area contributed by atoms with E-state index in [9.17, 15) is 14.4 Å². The Bertz CT molecular complexity index is 1110. The molecular weight excluding hydrogens is 482 g/mol. The van der Waals surface area contributed by atoms with Gasteiger partial charge in [-0.3, -0.25) is 14.4 Å². The molecule has 8 nitrogen and oxygen atoms in total. The number of ether oxygens (including phenoxy) is 2. The van der Waals surface area contributed by atoms with E-state index in [0.717, 1.165) is 64.2 Å². The monoisotopic (exact) mass is 521 g/mol. The summed E-state index contributed by atoms with van der Waals surface area (Å²) in [6.45, 7) is 0. The molecule has 2 saturated heterocycles. The smallest absolute Gasteiger partial charge is 0.246 e. The maximum atomic E-state index is 14.3. The van der Waals surface area contributed by atoms with E-state index in [1.54, 1.807) is 19.2 Å². The lowest BCUT2D eigenvalue weighted by Gasteiger charge is -2.37. The van der Waals surface area contributed by atoms with Gasteiger partial charge in [-0.05, 0) is 37.8 Å². The van der Waals surface area contributed by atoms with Crippen LogP contribution in [0.4, 0.5) is 5.69 Å². The van der Waals surface area contributed by atoms with E-state index in [2.05, 4.69) is 10.6 Å². The molecule has 0 radical (unpaired) electrons. The number of fused-ring (bicyclic) bond motifs is 1. The fourth-order valence-corrected chi connectivity index (χ4v) is 7.59. The summed E-state index contributed by atoms with van der Waals surface area (Å²) in [5.41, 5.74) is -0.503. The first-order valence-electron chi connectivity index (χ1n) is 14.5. The second-order valence-electron chi connectivity index (χ2n) is 11.7. The van der Waals surface area contributed by atoms with Crippen LogP contribution in [0.2, 0.25) is 0 Å². The van der Waals surface area contributed by atoms with Gasteiger partial charge in [0.25, 0.3) is 0 Å². The Morgan fingerprint density at radius 2 is 1.71 bits per heavy atom. The van der Waals surface area contributed by atoms with E-state index in [0.29, 0.717) is 11.4 Å². The molecule has 38 heavy (non-hydrogen) atoms. The van der Waals surface area contributed by atoms with Crippen molar-refractivity contribution in [2.24, 2.45) is 11.8 Å². The van der Waals surface area contributed by atoms with E-state index in [4.69, 9.17) is 9.47 Å². The topological polar surface area (TPSA) is 97.0 Å². The van der Waals surface area contributed by atoms with Gasteiger partial charge in [-0.1, -0.05) is 63.2 Å². The van der Waals surface area contributed by atoms with Gasteiger partial charge in [-0.15, -0.1) is 0 Å². The maximum absolute atomic E-state index is 14.3. The summed E-state index contributed by atoms with van der Waals surface area (Å²) in [4.78, 5) is 43.8. The molecule has 3 amide bonds. The van der Waals surface area contributed by atoms with Crippen molar-refractivity contribution in [2.75, 3.05) is 12.4 Å². The molecule has 204 valence electrons. The number of nitrogens with one attached hydrogen (secondary N) is 2. The summed E-state index contributed by atoms with van der Waals surface area (Å²) in [6.07, 6.45) is 14.8. The minimum Gasteiger partial charge on any atom is -0.497 e. The molecule has 1 aromatic rings. The van der Waals surface area contributed by atoms with Crippen LogP contribution in [0.3, 0.4) is 0 Å². The van der Waals surface area contributed by atoms with E-state index in [1.807, 2.05) is 29.2 Å². The zero-order valence-corrected chi connectivity index (χ0v) is 22.2.